The topological polar surface area (TPSA) is 0 Å². The SMILES string of the molecule is CC(C)(C)c1cc2c(cc1C(C)(C)C)[CH]([Hf+2]([C]1=CC=CC1)=[C](c1ccc(C(F)(F)F)cc1)c1ccc(C(F)(F)F)cc1)c1cc(C(C)(C)C)c(C(C)(C)C)cc1-2.[Cl-].[Cl-]. The minimum Gasteiger partial charge on any atom is -1.00 e. The molecule has 0 amide bonds. The van der Waals surface area contributed by atoms with Gasteiger partial charge in [-0.1, -0.05) is 0 Å². The van der Waals surface area contributed by atoms with Gasteiger partial charge in [-0.2, -0.15) is 0 Å². The fourth-order valence-electron chi connectivity index (χ4n) is 8.40. The van der Waals surface area contributed by atoms with Gasteiger partial charge in [0.15, 0.2) is 0 Å². The third-order valence-electron chi connectivity index (χ3n) is 11.2. The van der Waals surface area contributed by atoms with Crippen LogP contribution in [0.1, 0.15) is 149 Å². The van der Waals surface area contributed by atoms with Crippen molar-refractivity contribution in [2.45, 2.75) is 127 Å². The Balaban J connectivity index is 0.00000372. The van der Waals surface area contributed by atoms with Gasteiger partial charge in [-0.3, -0.25) is 0 Å². The summed E-state index contributed by atoms with van der Waals surface area (Å²) in [4.78, 5) is 0. The predicted molar refractivity (Wildman–Crippen MR) is 216 cm³/mol. The molecule has 6 rings (SSSR count). The van der Waals surface area contributed by atoms with Crippen LogP contribution in [0, 0.1) is 0 Å². The first kappa shape index (κ1) is 47.9. The van der Waals surface area contributed by atoms with Crippen molar-refractivity contribution >= 4 is 3.26 Å². The number of alkyl halides is 6. The summed E-state index contributed by atoms with van der Waals surface area (Å²) >= 11 is -3.77. The molecule has 0 N–H and O–H groups in total. The molecular weight excluding hydrogens is 952 g/mol. The molecule has 2 aliphatic carbocycles. The first-order chi connectivity index (χ1) is 25.6. The zero-order valence-electron chi connectivity index (χ0n) is 35.5. The monoisotopic (exact) mass is 1010 g/mol. The summed E-state index contributed by atoms with van der Waals surface area (Å²) in [7, 11) is 0. The van der Waals surface area contributed by atoms with Crippen LogP contribution in [-0.2, 0) is 55.0 Å². The van der Waals surface area contributed by atoms with E-state index in [0.29, 0.717) is 17.5 Å². The standard InChI is InChI=1S/C29H41.C15H8F6.C5H5.2ClH.Hf/c1-26(2,3)22-14-18-13-19-15-23(27(4,5)6)25(29(10,11)12)17-21(19)20(18)16-24(22)28(7,8)9;16-14(17,18)12-5-1-10(2-6-12)9-11-3-7-13(8-4-11)15(19,20)21;1-2-4-5-3-1;;;/h13-17H,1-12H3;1-8H;1-3H,4H2;2*1H;/q;;;;;+2/p-2. The van der Waals surface area contributed by atoms with Gasteiger partial charge in [-0.25, -0.2) is 0 Å². The molecule has 0 radical (unpaired) electrons. The largest absolute Gasteiger partial charge is 1.00 e. The molecule has 0 bridgehead atoms. The van der Waals surface area contributed by atoms with Crippen molar-refractivity contribution in [1.29, 1.82) is 0 Å². The Hall–Kier alpha value is -2.74. The first-order valence-electron chi connectivity index (χ1n) is 19.4. The van der Waals surface area contributed by atoms with Gasteiger partial charge >= 0.3 is 339 Å². The average Bonchev–Trinajstić information content (AvgIpc) is 3.70. The minimum absolute atomic E-state index is 0. The first-order valence-corrected chi connectivity index (χ1v) is 25.1. The number of allylic oxidation sites excluding steroid dienone is 4. The fourth-order valence-corrected chi connectivity index (χ4v) is 21.5. The molecule has 9 heteroatoms. The summed E-state index contributed by atoms with van der Waals surface area (Å²) in [6.07, 6.45) is -2.00. The second-order valence-electron chi connectivity index (χ2n) is 19.7. The summed E-state index contributed by atoms with van der Waals surface area (Å²) < 4.78 is 85.9. The number of fused-ring (bicyclic) bond motifs is 3. The van der Waals surface area contributed by atoms with Crippen molar-refractivity contribution in [3.63, 3.8) is 0 Å². The Labute approximate surface area is 361 Å². The van der Waals surface area contributed by atoms with Crippen molar-refractivity contribution in [2.24, 2.45) is 0 Å². The molecule has 58 heavy (non-hydrogen) atoms. The fraction of sp³-hybridized carbons (Fsp3) is 0.408. The summed E-state index contributed by atoms with van der Waals surface area (Å²) in [6, 6.07) is 20.2. The van der Waals surface area contributed by atoms with Gasteiger partial charge in [0.1, 0.15) is 0 Å². The maximum absolute atomic E-state index is 14.0. The molecule has 0 saturated heterocycles. The van der Waals surface area contributed by atoms with Crippen LogP contribution < -0.4 is 24.8 Å². The van der Waals surface area contributed by atoms with Gasteiger partial charge < -0.3 is 24.8 Å². The van der Waals surface area contributed by atoms with E-state index in [2.05, 4.69) is 126 Å². The maximum atomic E-state index is 14.0. The molecule has 0 aliphatic heterocycles. The van der Waals surface area contributed by atoms with Crippen LogP contribution in [-0.4, -0.2) is 3.26 Å². The van der Waals surface area contributed by atoms with E-state index in [9.17, 15) is 26.3 Å². The van der Waals surface area contributed by atoms with Crippen molar-refractivity contribution < 1.29 is 72.1 Å². The van der Waals surface area contributed by atoms with E-state index in [1.807, 2.05) is 0 Å². The van der Waals surface area contributed by atoms with Gasteiger partial charge in [0.25, 0.3) is 0 Å². The molecule has 0 fully saturated rings. The van der Waals surface area contributed by atoms with Gasteiger partial charge in [-0.15, -0.1) is 0 Å². The smallest absolute Gasteiger partial charge is 1.00 e. The van der Waals surface area contributed by atoms with Gasteiger partial charge in [0, 0.05) is 0 Å². The predicted octanol–water partition coefficient (Wildman–Crippen LogP) is 8.72. The van der Waals surface area contributed by atoms with E-state index >= 15 is 0 Å². The summed E-state index contributed by atoms with van der Waals surface area (Å²) in [5, 5.41) is 0. The Bertz CT molecular complexity index is 2120. The van der Waals surface area contributed by atoms with E-state index < -0.39 is 44.4 Å². The zero-order valence-corrected chi connectivity index (χ0v) is 40.6. The van der Waals surface area contributed by atoms with Crippen LogP contribution in [0.25, 0.3) is 11.1 Å². The van der Waals surface area contributed by atoms with Crippen molar-refractivity contribution in [2.75, 3.05) is 0 Å². The second kappa shape index (κ2) is 16.3. The molecule has 4 aromatic carbocycles. The quantitative estimate of drug-likeness (QED) is 0.142. The van der Waals surface area contributed by atoms with E-state index in [0.717, 1.165) is 27.5 Å². The summed E-state index contributed by atoms with van der Waals surface area (Å²) in [5.74, 6) is 0. The van der Waals surface area contributed by atoms with Gasteiger partial charge in [0.2, 0.25) is 0 Å². The molecule has 0 heterocycles. The number of hydrogen-bond acceptors (Lipinski definition) is 0. The average molecular weight is 1010 g/mol. The Morgan fingerprint density at radius 1 is 0.500 bits per heavy atom. The van der Waals surface area contributed by atoms with E-state index in [1.54, 1.807) is 0 Å². The number of hydrogen-bond donors (Lipinski definition) is 0. The van der Waals surface area contributed by atoms with Crippen LogP contribution >= 0.6 is 0 Å². The molecule has 0 saturated carbocycles. The molecule has 0 unspecified atom stereocenters. The summed E-state index contributed by atoms with van der Waals surface area (Å²) in [6.45, 7) is 26.9. The van der Waals surface area contributed by atoms with Crippen LogP contribution in [0.15, 0.2) is 94.4 Å². The molecule has 310 valence electrons. The Morgan fingerprint density at radius 2 is 0.828 bits per heavy atom. The zero-order chi connectivity index (χ0) is 41.6. The maximum Gasteiger partial charge on any atom is -1.00 e. The van der Waals surface area contributed by atoms with Gasteiger partial charge in [-0.05, 0) is 0 Å². The van der Waals surface area contributed by atoms with Crippen LogP contribution in [0.4, 0.5) is 26.3 Å². The normalized spacial score (nSPS) is 14.5. The van der Waals surface area contributed by atoms with Crippen molar-refractivity contribution in [3.8, 4) is 11.1 Å². The van der Waals surface area contributed by atoms with Crippen molar-refractivity contribution in [1.82, 2.24) is 0 Å². The van der Waals surface area contributed by atoms with Crippen LogP contribution in [0.5, 0.6) is 0 Å². The molecule has 0 nitrogen and oxygen atoms in total. The Morgan fingerprint density at radius 3 is 1.10 bits per heavy atom. The third kappa shape index (κ3) is 9.42. The molecule has 0 atom stereocenters. The van der Waals surface area contributed by atoms with E-state index in [1.165, 1.54) is 72.1 Å². The molecule has 4 aromatic rings. The third-order valence-corrected chi connectivity index (χ3v) is 23.3. The van der Waals surface area contributed by atoms with Crippen LogP contribution in [0.2, 0.25) is 0 Å². The number of rotatable bonds is 4. The number of benzene rings is 4. The van der Waals surface area contributed by atoms with Gasteiger partial charge in [0.05, 0.1) is 0 Å². The van der Waals surface area contributed by atoms with E-state index in [4.69, 9.17) is 0 Å². The second-order valence-corrected chi connectivity index (χ2v) is 28.8. The van der Waals surface area contributed by atoms with E-state index in [-0.39, 0.29) is 50.1 Å². The molecular formula is C49H54Cl2F6Hf. The molecule has 0 aromatic heterocycles. The summed E-state index contributed by atoms with van der Waals surface area (Å²) in [5.41, 5.74) is 8.89. The minimum atomic E-state index is -4.53. The molecule has 2 aliphatic rings. The Kier molecular flexibility index (Phi) is 13.4. The molecule has 0 spiro atoms. The number of halogens is 8. The van der Waals surface area contributed by atoms with Crippen molar-refractivity contribution in [3.05, 3.63) is 150 Å². The van der Waals surface area contributed by atoms with Crippen LogP contribution in [0.3, 0.4) is 0 Å².